The minimum Gasteiger partial charge on any atom is -0.398 e. The molecule has 8 N–H and O–H groups in total. The summed E-state index contributed by atoms with van der Waals surface area (Å²) in [6.07, 6.45) is 0. The van der Waals surface area contributed by atoms with E-state index >= 15 is 0 Å². The normalized spacial score (nSPS) is 9.91. The van der Waals surface area contributed by atoms with Crippen LogP contribution in [0, 0.1) is 6.92 Å². The van der Waals surface area contributed by atoms with Crippen molar-refractivity contribution in [3.63, 3.8) is 0 Å². The molecule has 0 atom stereocenters. The van der Waals surface area contributed by atoms with Gasteiger partial charge in [0.25, 0.3) is 0 Å². The van der Waals surface area contributed by atoms with Gasteiger partial charge in [-0.1, -0.05) is 0 Å². The molecule has 0 heterocycles. The van der Waals surface area contributed by atoms with Crippen molar-refractivity contribution in [2.75, 3.05) is 22.9 Å². The number of nitrogens with two attached hydrogens (primary N) is 4. The predicted molar refractivity (Wildman–Crippen MR) is 48.8 cm³/mol. The van der Waals surface area contributed by atoms with Gasteiger partial charge in [-0.15, -0.1) is 0 Å². The number of nitrogen functional groups attached to an aromatic ring is 4. The van der Waals surface area contributed by atoms with Crippen molar-refractivity contribution in [1.29, 1.82) is 0 Å². The first-order valence-corrected chi connectivity index (χ1v) is 3.23. The van der Waals surface area contributed by atoms with E-state index < -0.39 is 0 Å². The van der Waals surface area contributed by atoms with Crippen LogP contribution in [0.2, 0.25) is 0 Å². The molecule has 0 aliphatic carbocycles. The molecule has 0 bridgehead atoms. The largest absolute Gasteiger partial charge is 0.398 e. The summed E-state index contributed by atoms with van der Waals surface area (Å²) in [7, 11) is 0. The fourth-order valence-corrected chi connectivity index (χ4v) is 0.867. The highest BCUT2D eigenvalue weighted by atomic mass is 14.8. The van der Waals surface area contributed by atoms with Crippen molar-refractivity contribution in [2.45, 2.75) is 6.92 Å². The third-order valence-corrected chi connectivity index (χ3v) is 1.75. The summed E-state index contributed by atoms with van der Waals surface area (Å²) in [5.74, 6) is 0. The molecule has 0 aliphatic heterocycles. The average molecular weight is 152 g/mol. The molecule has 11 heavy (non-hydrogen) atoms. The van der Waals surface area contributed by atoms with Crippen molar-refractivity contribution in [2.24, 2.45) is 0 Å². The predicted octanol–water partition coefficient (Wildman–Crippen LogP) is 0.324. The Morgan fingerprint density at radius 3 is 2.00 bits per heavy atom. The van der Waals surface area contributed by atoms with Crippen LogP contribution in [0.5, 0.6) is 0 Å². The van der Waals surface area contributed by atoms with Crippen molar-refractivity contribution >= 4 is 22.7 Å². The SMILES string of the molecule is Cc1c(N)cc(N)c(N)c1N. The lowest BCUT2D eigenvalue weighted by Gasteiger charge is -2.09. The summed E-state index contributed by atoms with van der Waals surface area (Å²) >= 11 is 0. The van der Waals surface area contributed by atoms with Crippen LogP contribution in [-0.4, -0.2) is 0 Å². The van der Waals surface area contributed by atoms with E-state index in [1.165, 1.54) is 0 Å². The van der Waals surface area contributed by atoms with Gasteiger partial charge in [0, 0.05) is 5.69 Å². The van der Waals surface area contributed by atoms with Gasteiger partial charge in [0.2, 0.25) is 0 Å². The highest BCUT2D eigenvalue weighted by Crippen LogP contribution is 2.30. The van der Waals surface area contributed by atoms with E-state index in [0.29, 0.717) is 22.7 Å². The molecule has 0 radical (unpaired) electrons. The van der Waals surface area contributed by atoms with Crippen molar-refractivity contribution in [1.82, 2.24) is 0 Å². The summed E-state index contributed by atoms with van der Waals surface area (Å²) in [6, 6.07) is 1.61. The van der Waals surface area contributed by atoms with E-state index in [1.54, 1.807) is 13.0 Å². The molecular formula is C7H12N4. The zero-order valence-electron chi connectivity index (χ0n) is 6.39. The molecule has 4 nitrogen and oxygen atoms in total. The van der Waals surface area contributed by atoms with E-state index in [-0.39, 0.29) is 0 Å². The number of benzene rings is 1. The van der Waals surface area contributed by atoms with Crippen molar-refractivity contribution in [3.8, 4) is 0 Å². The number of anilines is 4. The summed E-state index contributed by atoms with van der Waals surface area (Å²) in [5, 5.41) is 0. The van der Waals surface area contributed by atoms with Crippen molar-refractivity contribution in [3.05, 3.63) is 11.6 Å². The maximum atomic E-state index is 5.60. The second-order valence-electron chi connectivity index (χ2n) is 2.51. The Kier molecular flexibility index (Phi) is 1.53. The van der Waals surface area contributed by atoms with Crippen LogP contribution in [0.3, 0.4) is 0 Å². The average Bonchev–Trinajstić information content (AvgIpc) is 1.97. The Labute approximate surface area is 65.2 Å². The Morgan fingerprint density at radius 2 is 1.45 bits per heavy atom. The van der Waals surface area contributed by atoms with Gasteiger partial charge in [0.05, 0.1) is 17.1 Å². The van der Waals surface area contributed by atoms with Crippen LogP contribution in [0.1, 0.15) is 5.56 Å². The Morgan fingerprint density at radius 1 is 0.909 bits per heavy atom. The summed E-state index contributed by atoms with van der Waals surface area (Å²) in [6.45, 7) is 1.81. The number of hydrogen-bond acceptors (Lipinski definition) is 4. The fourth-order valence-electron chi connectivity index (χ4n) is 0.867. The van der Waals surface area contributed by atoms with Gasteiger partial charge < -0.3 is 22.9 Å². The van der Waals surface area contributed by atoms with E-state index in [2.05, 4.69) is 0 Å². The molecule has 0 spiro atoms. The number of rotatable bonds is 0. The molecule has 0 saturated carbocycles. The lowest BCUT2D eigenvalue weighted by molar-refractivity contribution is 1.47. The van der Waals surface area contributed by atoms with E-state index in [1.807, 2.05) is 0 Å². The molecule has 1 aromatic rings. The zero-order chi connectivity index (χ0) is 8.59. The lowest BCUT2D eigenvalue weighted by Crippen LogP contribution is -2.04. The molecule has 60 valence electrons. The second kappa shape index (κ2) is 2.23. The van der Waals surface area contributed by atoms with Gasteiger partial charge in [0.1, 0.15) is 0 Å². The van der Waals surface area contributed by atoms with E-state index in [0.717, 1.165) is 5.56 Å². The molecule has 1 aromatic carbocycles. The maximum absolute atomic E-state index is 5.60. The monoisotopic (exact) mass is 152 g/mol. The zero-order valence-corrected chi connectivity index (χ0v) is 6.39. The molecule has 0 unspecified atom stereocenters. The Bertz CT molecular complexity index is 267. The minimum absolute atomic E-state index is 0.414. The van der Waals surface area contributed by atoms with Gasteiger partial charge >= 0.3 is 0 Å². The van der Waals surface area contributed by atoms with Crippen molar-refractivity contribution < 1.29 is 0 Å². The lowest BCUT2D eigenvalue weighted by atomic mass is 10.1. The van der Waals surface area contributed by atoms with E-state index in [4.69, 9.17) is 22.9 Å². The summed E-state index contributed by atoms with van der Waals surface area (Å²) in [4.78, 5) is 0. The Balaban J connectivity index is 3.46. The molecule has 0 fully saturated rings. The quantitative estimate of drug-likeness (QED) is 0.402. The summed E-state index contributed by atoms with van der Waals surface area (Å²) in [5.41, 5.74) is 24.9. The molecule has 0 amide bonds. The number of hydrogen-bond donors (Lipinski definition) is 4. The highest BCUT2D eigenvalue weighted by Gasteiger charge is 2.05. The van der Waals surface area contributed by atoms with Crippen LogP contribution >= 0.6 is 0 Å². The standard InChI is InChI=1S/C7H12N4/c1-3-4(8)2-5(9)7(11)6(3)10/h2H,8-11H2,1H3. The van der Waals surface area contributed by atoms with Crippen LogP contribution < -0.4 is 22.9 Å². The topological polar surface area (TPSA) is 104 Å². The van der Waals surface area contributed by atoms with E-state index in [9.17, 15) is 0 Å². The summed E-state index contributed by atoms with van der Waals surface area (Å²) < 4.78 is 0. The van der Waals surface area contributed by atoms with Gasteiger partial charge in [-0.05, 0) is 18.6 Å². The molecule has 0 saturated heterocycles. The van der Waals surface area contributed by atoms with Gasteiger partial charge in [-0.3, -0.25) is 0 Å². The first kappa shape index (κ1) is 7.53. The van der Waals surface area contributed by atoms with Gasteiger partial charge in [-0.25, -0.2) is 0 Å². The first-order chi connectivity index (χ1) is 5.04. The van der Waals surface area contributed by atoms with Gasteiger partial charge in [0.15, 0.2) is 0 Å². The molecule has 4 heteroatoms. The van der Waals surface area contributed by atoms with Crippen LogP contribution in [0.15, 0.2) is 6.07 Å². The third-order valence-electron chi connectivity index (χ3n) is 1.75. The van der Waals surface area contributed by atoms with Gasteiger partial charge in [-0.2, -0.15) is 0 Å². The fraction of sp³-hybridized carbons (Fsp3) is 0.143. The van der Waals surface area contributed by atoms with Crippen LogP contribution in [0.4, 0.5) is 22.7 Å². The molecule has 1 rings (SSSR count). The molecule has 0 aliphatic rings. The van der Waals surface area contributed by atoms with Crippen LogP contribution in [0.25, 0.3) is 0 Å². The minimum atomic E-state index is 0.414. The second-order valence-corrected chi connectivity index (χ2v) is 2.51. The maximum Gasteiger partial charge on any atom is 0.0785 e. The highest BCUT2D eigenvalue weighted by molar-refractivity contribution is 5.84. The van der Waals surface area contributed by atoms with Crippen LogP contribution in [-0.2, 0) is 0 Å². The smallest absolute Gasteiger partial charge is 0.0785 e. The third kappa shape index (κ3) is 1.02. The first-order valence-electron chi connectivity index (χ1n) is 3.23. The molecular weight excluding hydrogens is 140 g/mol. The molecule has 0 aromatic heterocycles. The Hall–Kier alpha value is -1.58.